The standard InChI is InChI=1S/C11H22N2O5Si.C6H7NO4.C4H13NO2Si/c1-9(2)10(14)18-7-6-12-11(15)13-8-19(5,16-3)17-4;1-5(9)6(10)11-3-2-7-4-8;1-6-8(3,4-5)7-2/h1,6-8H2,2-5H3,(H2,12,13,15);2-3H2,1H3;4-5H2,1-3H3. The van der Waals surface area contributed by atoms with Crippen LogP contribution in [0.1, 0.15) is 13.8 Å². The van der Waals surface area contributed by atoms with E-state index in [2.05, 4.69) is 26.9 Å². The lowest BCUT2D eigenvalue weighted by Gasteiger charge is -2.22. The molecule has 0 aromatic heterocycles. The highest BCUT2D eigenvalue weighted by molar-refractivity contribution is 6.66. The fourth-order valence-electron chi connectivity index (χ4n) is 1.54. The minimum Gasteiger partial charge on any atom is -0.460 e. The Kier molecular flexibility index (Phi) is 24.4. The molecule has 0 rings (SSSR count). The lowest BCUT2D eigenvalue weighted by atomic mass is 10.4. The molecule has 38 heavy (non-hydrogen) atoms. The predicted molar refractivity (Wildman–Crippen MR) is 142 cm³/mol. The number of ketones is 1. The Hall–Kier alpha value is -2.77. The van der Waals surface area contributed by atoms with Gasteiger partial charge in [-0.15, -0.1) is 0 Å². The first-order valence-electron chi connectivity index (χ1n) is 11.2. The molecular weight excluding hydrogens is 540 g/mol. The van der Waals surface area contributed by atoms with Crippen LogP contribution in [-0.4, -0.2) is 114 Å². The lowest BCUT2D eigenvalue weighted by molar-refractivity contribution is -0.152. The molecule has 220 valence electrons. The highest BCUT2D eigenvalue weighted by atomic mass is 28.4. The van der Waals surface area contributed by atoms with Crippen LogP contribution < -0.4 is 16.4 Å². The maximum Gasteiger partial charge on any atom is 0.374 e. The van der Waals surface area contributed by atoms with E-state index in [1.54, 1.807) is 35.4 Å². The molecule has 0 atom stereocenters. The Bertz CT molecular complexity index is 777. The van der Waals surface area contributed by atoms with Crippen molar-refractivity contribution in [3.8, 4) is 0 Å². The summed E-state index contributed by atoms with van der Waals surface area (Å²) >= 11 is 0. The summed E-state index contributed by atoms with van der Waals surface area (Å²) in [5, 5.41) is 5.19. The van der Waals surface area contributed by atoms with Crippen molar-refractivity contribution in [1.82, 2.24) is 10.6 Å². The molecule has 0 saturated carbocycles. The third kappa shape index (κ3) is 22.4. The van der Waals surface area contributed by atoms with E-state index >= 15 is 0 Å². The van der Waals surface area contributed by atoms with Crippen LogP contribution in [0, 0.1) is 0 Å². The minimum absolute atomic E-state index is 0.0442. The Morgan fingerprint density at radius 1 is 0.868 bits per heavy atom. The molecular formula is C21H42N4O11Si2. The normalized spacial score (nSPS) is 10.2. The second kappa shape index (κ2) is 23.4. The fraction of sp³-hybridized carbons (Fsp3) is 0.667. The maximum atomic E-state index is 11.4. The number of nitrogens with two attached hydrogens (primary N) is 1. The molecule has 0 spiro atoms. The molecule has 0 radical (unpaired) electrons. The van der Waals surface area contributed by atoms with Crippen molar-refractivity contribution < 1.29 is 51.2 Å². The van der Waals surface area contributed by atoms with Gasteiger partial charge in [0.05, 0.1) is 19.3 Å². The van der Waals surface area contributed by atoms with E-state index in [-0.39, 0.29) is 32.3 Å². The molecule has 17 heteroatoms. The van der Waals surface area contributed by atoms with Crippen molar-refractivity contribution in [2.45, 2.75) is 26.9 Å². The molecule has 0 aliphatic carbocycles. The lowest BCUT2D eigenvalue weighted by Crippen LogP contribution is -2.51. The highest BCUT2D eigenvalue weighted by Gasteiger charge is 2.29. The third-order valence-electron chi connectivity index (χ3n) is 4.43. The summed E-state index contributed by atoms with van der Waals surface area (Å²) in [6.45, 7) is 10.2. The molecule has 0 heterocycles. The summed E-state index contributed by atoms with van der Waals surface area (Å²) in [6.07, 6.45) is 2.11. The number of carbonyl (C=O) groups is 4. The van der Waals surface area contributed by atoms with Crippen LogP contribution in [0.4, 0.5) is 4.79 Å². The van der Waals surface area contributed by atoms with Crippen LogP contribution in [0.25, 0.3) is 0 Å². The van der Waals surface area contributed by atoms with Crippen molar-refractivity contribution in [2.24, 2.45) is 10.7 Å². The number of isocyanates is 1. The summed E-state index contributed by atoms with van der Waals surface area (Å²) in [6, 6.07) is -0.362. The number of urea groups is 1. The van der Waals surface area contributed by atoms with E-state index in [0.29, 0.717) is 17.9 Å². The van der Waals surface area contributed by atoms with Gasteiger partial charge in [-0.3, -0.25) is 4.79 Å². The van der Waals surface area contributed by atoms with Crippen LogP contribution in [0.5, 0.6) is 0 Å². The molecule has 0 fully saturated rings. The number of amides is 2. The van der Waals surface area contributed by atoms with Crippen molar-refractivity contribution in [3.63, 3.8) is 0 Å². The van der Waals surface area contributed by atoms with Crippen LogP contribution in [0.15, 0.2) is 17.1 Å². The summed E-state index contributed by atoms with van der Waals surface area (Å²) < 4.78 is 29.7. The number of nitrogens with one attached hydrogen (secondary N) is 2. The number of nitrogens with zero attached hydrogens (tertiary/aromatic N) is 1. The number of hydrogen-bond donors (Lipinski definition) is 3. The smallest absolute Gasteiger partial charge is 0.374 e. The van der Waals surface area contributed by atoms with Crippen molar-refractivity contribution in [3.05, 3.63) is 12.2 Å². The zero-order valence-electron chi connectivity index (χ0n) is 23.5. The fourth-order valence-corrected chi connectivity index (χ4v) is 2.98. The largest absolute Gasteiger partial charge is 0.460 e. The minimum atomic E-state index is -2.31. The second-order valence-corrected chi connectivity index (χ2v) is 14.4. The molecule has 0 aromatic rings. The molecule has 0 aliphatic heterocycles. The zero-order valence-corrected chi connectivity index (χ0v) is 25.5. The van der Waals surface area contributed by atoms with E-state index in [1.165, 1.54) is 6.08 Å². The predicted octanol–water partition coefficient (Wildman–Crippen LogP) is -0.388. The zero-order chi connectivity index (χ0) is 30.2. The molecule has 0 saturated heterocycles. The Morgan fingerprint density at radius 2 is 1.37 bits per heavy atom. The van der Waals surface area contributed by atoms with Crippen LogP contribution >= 0.6 is 0 Å². The Labute approximate surface area is 225 Å². The number of carbonyl (C=O) groups excluding carboxylic acids is 5. The number of Topliss-reactive ketones (excluding diaryl/α,β-unsaturated/α-hetero) is 1. The molecule has 0 bridgehead atoms. The van der Waals surface area contributed by atoms with E-state index in [4.69, 9.17) is 28.2 Å². The number of hydrogen-bond acceptors (Lipinski definition) is 13. The van der Waals surface area contributed by atoms with Gasteiger partial charge in [0.15, 0.2) is 0 Å². The van der Waals surface area contributed by atoms with Crippen molar-refractivity contribution in [1.29, 1.82) is 0 Å². The first-order chi connectivity index (χ1) is 17.7. The first kappa shape index (κ1) is 39.7. The summed E-state index contributed by atoms with van der Waals surface area (Å²) in [5.41, 5.74) is 5.67. The first-order valence-corrected chi connectivity index (χ1v) is 16.2. The topological polar surface area (TPSA) is 203 Å². The molecule has 2 amide bonds. The quantitative estimate of drug-likeness (QED) is 0.0430. The molecule has 0 aromatic carbocycles. The van der Waals surface area contributed by atoms with Crippen molar-refractivity contribution in [2.75, 3.05) is 67.1 Å². The van der Waals surface area contributed by atoms with Gasteiger partial charge in [-0.1, -0.05) is 6.58 Å². The highest BCUT2D eigenvalue weighted by Crippen LogP contribution is 2.01. The van der Waals surface area contributed by atoms with Crippen LogP contribution in [-0.2, 0) is 46.4 Å². The maximum absolute atomic E-state index is 11.4. The van der Waals surface area contributed by atoms with Gasteiger partial charge in [0.25, 0.3) is 0 Å². The molecule has 15 nitrogen and oxygen atoms in total. The SMILES string of the molecule is C=C(C)C(=O)OCCNC(=O)NC[Si](C)(OC)OC.CC(=O)C(=O)OCCN=C=O.CO[Si](C)(CN)OC. The summed E-state index contributed by atoms with van der Waals surface area (Å²) in [4.78, 5) is 55.7. The molecule has 0 aliphatic rings. The van der Waals surface area contributed by atoms with Gasteiger partial charge in [-0.2, -0.15) is 0 Å². The third-order valence-corrected chi connectivity index (χ3v) is 9.44. The summed E-state index contributed by atoms with van der Waals surface area (Å²) in [7, 11) is 2.15. The monoisotopic (exact) mass is 582 g/mol. The van der Waals surface area contributed by atoms with E-state index in [1.807, 2.05) is 13.1 Å². The summed E-state index contributed by atoms with van der Waals surface area (Å²) in [5.74, 6) is -2.05. The average molecular weight is 583 g/mol. The van der Waals surface area contributed by atoms with Gasteiger partial charge in [-0.05, 0) is 20.0 Å². The Balaban J connectivity index is -0.000000543. The average Bonchev–Trinajstić information content (AvgIpc) is 2.91. The van der Waals surface area contributed by atoms with Gasteiger partial charge in [0, 0.05) is 47.1 Å². The van der Waals surface area contributed by atoms with Gasteiger partial charge >= 0.3 is 35.1 Å². The van der Waals surface area contributed by atoms with Gasteiger partial charge in [0.2, 0.25) is 11.9 Å². The van der Waals surface area contributed by atoms with Gasteiger partial charge in [-0.25, -0.2) is 24.2 Å². The number of ether oxygens (including phenoxy) is 2. The number of rotatable bonds is 15. The van der Waals surface area contributed by atoms with E-state index < -0.39 is 34.8 Å². The van der Waals surface area contributed by atoms with Crippen molar-refractivity contribution >= 4 is 47.0 Å². The van der Waals surface area contributed by atoms with E-state index in [9.17, 15) is 24.0 Å². The van der Waals surface area contributed by atoms with Gasteiger partial charge in [0.1, 0.15) is 13.2 Å². The van der Waals surface area contributed by atoms with Gasteiger partial charge < -0.3 is 43.5 Å². The van der Waals surface area contributed by atoms with Crippen LogP contribution in [0.3, 0.4) is 0 Å². The van der Waals surface area contributed by atoms with E-state index in [0.717, 1.165) is 6.92 Å². The second-order valence-electron chi connectivity index (χ2n) is 7.48. The Morgan fingerprint density at radius 3 is 1.74 bits per heavy atom. The molecule has 0 unspecified atom stereocenters. The molecule has 4 N–H and O–H groups in total. The number of aliphatic imine (C=N–C) groups is 1. The van der Waals surface area contributed by atoms with Crippen LogP contribution in [0.2, 0.25) is 13.1 Å². The number of esters is 2.